The van der Waals surface area contributed by atoms with Crippen molar-refractivity contribution in [3.8, 4) is 0 Å². The molecule has 0 bridgehead atoms. The minimum absolute atomic E-state index is 0.484. The zero-order valence-corrected chi connectivity index (χ0v) is 12.1. The van der Waals surface area contributed by atoms with Crippen LogP contribution in [0.2, 0.25) is 5.02 Å². The normalized spacial score (nSPS) is 10.5. The summed E-state index contributed by atoms with van der Waals surface area (Å²) in [6.45, 7) is 5.61. The summed E-state index contributed by atoms with van der Waals surface area (Å²) in [5.41, 5.74) is 10.5. The molecule has 2 nitrogen and oxygen atoms in total. The quantitative estimate of drug-likeness (QED) is 0.902. The molecule has 0 unspecified atom stereocenters. The number of benzene rings is 2. The number of halogens is 1. The molecule has 0 radical (unpaired) electrons. The highest BCUT2D eigenvalue weighted by atomic mass is 35.5. The highest BCUT2D eigenvalue weighted by molar-refractivity contribution is 6.30. The molecule has 0 aliphatic heterocycles. The number of rotatable bonds is 4. The van der Waals surface area contributed by atoms with Crippen molar-refractivity contribution in [2.45, 2.75) is 20.4 Å². The summed E-state index contributed by atoms with van der Waals surface area (Å²) in [4.78, 5) is 2.26. The Morgan fingerprint density at radius 2 is 1.95 bits per heavy atom. The molecule has 2 rings (SSSR count). The third-order valence-electron chi connectivity index (χ3n) is 3.18. The Hall–Kier alpha value is -1.51. The first-order valence-corrected chi connectivity index (χ1v) is 6.86. The van der Waals surface area contributed by atoms with Crippen LogP contribution in [0.25, 0.3) is 0 Å². The van der Waals surface area contributed by atoms with Crippen molar-refractivity contribution in [1.29, 1.82) is 0 Å². The van der Waals surface area contributed by atoms with E-state index in [4.69, 9.17) is 17.3 Å². The Kier molecular flexibility index (Phi) is 4.46. The van der Waals surface area contributed by atoms with Gasteiger partial charge in [-0.3, -0.25) is 0 Å². The fourth-order valence-electron chi connectivity index (χ4n) is 2.27. The van der Waals surface area contributed by atoms with Crippen molar-refractivity contribution < 1.29 is 0 Å². The summed E-state index contributed by atoms with van der Waals surface area (Å²) < 4.78 is 0. The van der Waals surface area contributed by atoms with E-state index in [1.165, 1.54) is 11.3 Å². The summed E-state index contributed by atoms with van der Waals surface area (Å²) in [5.74, 6) is 0. The van der Waals surface area contributed by atoms with Crippen LogP contribution in [0.4, 0.5) is 11.4 Å². The van der Waals surface area contributed by atoms with Gasteiger partial charge in [-0.1, -0.05) is 23.7 Å². The molecule has 100 valence electrons. The minimum atomic E-state index is 0.484. The molecule has 2 aromatic rings. The number of anilines is 2. The Morgan fingerprint density at radius 1 is 1.16 bits per heavy atom. The second-order valence-electron chi connectivity index (χ2n) is 4.56. The third kappa shape index (κ3) is 3.09. The lowest BCUT2D eigenvalue weighted by molar-refractivity contribution is 0.983. The van der Waals surface area contributed by atoms with E-state index < -0.39 is 0 Å². The Bertz CT molecular complexity index is 566. The maximum Gasteiger partial charge on any atom is 0.0457 e. The monoisotopic (exact) mass is 274 g/mol. The van der Waals surface area contributed by atoms with E-state index >= 15 is 0 Å². The summed E-state index contributed by atoms with van der Waals surface area (Å²) in [7, 11) is 0. The van der Waals surface area contributed by atoms with Gasteiger partial charge in [0.05, 0.1) is 0 Å². The molecular formula is C16H19ClN2. The van der Waals surface area contributed by atoms with Crippen LogP contribution in [0.1, 0.15) is 18.1 Å². The van der Waals surface area contributed by atoms with Crippen LogP contribution < -0.4 is 10.6 Å². The van der Waals surface area contributed by atoms with E-state index in [-0.39, 0.29) is 0 Å². The molecular weight excluding hydrogens is 256 g/mol. The van der Waals surface area contributed by atoms with Gasteiger partial charge in [0.15, 0.2) is 0 Å². The predicted octanol–water partition coefficient (Wildman–Crippen LogP) is 4.27. The van der Waals surface area contributed by atoms with Gasteiger partial charge in [0.2, 0.25) is 0 Å². The fourth-order valence-corrected chi connectivity index (χ4v) is 2.46. The first-order valence-electron chi connectivity index (χ1n) is 6.48. The van der Waals surface area contributed by atoms with Crippen LogP contribution in [0.5, 0.6) is 0 Å². The van der Waals surface area contributed by atoms with Crippen molar-refractivity contribution >= 4 is 23.0 Å². The van der Waals surface area contributed by atoms with Gasteiger partial charge in [0, 0.05) is 29.5 Å². The van der Waals surface area contributed by atoms with Gasteiger partial charge in [-0.25, -0.2) is 0 Å². The standard InChI is InChI=1S/C16H19ClN2/c1-3-19(15-6-4-5-12(2)9-15)16-8-7-14(17)10-13(16)11-18/h4-10H,3,11,18H2,1-2H3. The average Bonchev–Trinajstić information content (AvgIpc) is 2.41. The highest BCUT2D eigenvalue weighted by Crippen LogP contribution is 2.30. The van der Waals surface area contributed by atoms with Gasteiger partial charge in [-0.15, -0.1) is 0 Å². The molecule has 0 amide bonds. The predicted molar refractivity (Wildman–Crippen MR) is 83.2 cm³/mol. The van der Waals surface area contributed by atoms with Gasteiger partial charge in [0.25, 0.3) is 0 Å². The number of hydrogen-bond acceptors (Lipinski definition) is 2. The zero-order valence-electron chi connectivity index (χ0n) is 11.4. The summed E-state index contributed by atoms with van der Waals surface area (Å²) in [6.07, 6.45) is 0. The van der Waals surface area contributed by atoms with E-state index in [1.54, 1.807) is 0 Å². The molecule has 3 heteroatoms. The average molecular weight is 275 g/mol. The van der Waals surface area contributed by atoms with Gasteiger partial charge in [-0.2, -0.15) is 0 Å². The topological polar surface area (TPSA) is 29.3 Å². The van der Waals surface area contributed by atoms with Gasteiger partial charge < -0.3 is 10.6 Å². The minimum Gasteiger partial charge on any atom is -0.341 e. The number of aryl methyl sites for hydroxylation is 1. The van der Waals surface area contributed by atoms with Crippen molar-refractivity contribution in [1.82, 2.24) is 0 Å². The van der Waals surface area contributed by atoms with Crippen LogP contribution in [0.3, 0.4) is 0 Å². The van der Waals surface area contributed by atoms with Crippen LogP contribution in [-0.4, -0.2) is 6.54 Å². The number of nitrogens with zero attached hydrogens (tertiary/aromatic N) is 1. The Morgan fingerprint density at radius 3 is 2.58 bits per heavy atom. The molecule has 0 heterocycles. The van der Waals surface area contributed by atoms with Crippen molar-refractivity contribution in [2.24, 2.45) is 5.73 Å². The summed E-state index contributed by atoms with van der Waals surface area (Å²) in [5, 5.41) is 0.726. The maximum absolute atomic E-state index is 6.04. The summed E-state index contributed by atoms with van der Waals surface area (Å²) in [6, 6.07) is 14.4. The third-order valence-corrected chi connectivity index (χ3v) is 3.42. The van der Waals surface area contributed by atoms with Crippen LogP contribution in [0, 0.1) is 6.92 Å². The Labute approximate surface area is 119 Å². The second-order valence-corrected chi connectivity index (χ2v) is 5.00. The van der Waals surface area contributed by atoms with Crippen LogP contribution in [-0.2, 0) is 6.54 Å². The van der Waals surface area contributed by atoms with Crippen molar-refractivity contribution in [2.75, 3.05) is 11.4 Å². The van der Waals surface area contributed by atoms with E-state index in [0.717, 1.165) is 22.8 Å². The smallest absolute Gasteiger partial charge is 0.0457 e. The molecule has 0 fully saturated rings. The lowest BCUT2D eigenvalue weighted by Crippen LogP contribution is -2.18. The zero-order chi connectivity index (χ0) is 13.8. The Balaban J connectivity index is 2.48. The lowest BCUT2D eigenvalue weighted by Gasteiger charge is -2.26. The van der Waals surface area contributed by atoms with Gasteiger partial charge in [0.1, 0.15) is 0 Å². The molecule has 0 aliphatic carbocycles. The van der Waals surface area contributed by atoms with E-state index in [1.807, 2.05) is 18.2 Å². The SMILES string of the molecule is CCN(c1cccc(C)c1)c1ccc(Cl)cc1CN. The van der Waals surface area contributed by atoms with Crippen LogP contribution in [0.15, 0.2) is 42.5 Å². The molecule has 0 saturated carbocycles. The van der Waals surface area contributed by atoms with Gasteiger partial charge >= 0.3 is 0 Å². The number of nitrogens with two attached hydrogens (primary N) is 1. The molecule has 2 aromatic carbocycles. The molecule has 0 saturated heterocycles. The molecule has 2 N–H and O–H groups in total. The molecule has 19 heavy (non-hydrogen) atoms. The van der Waals surface area contributed by atoms with E-state index in [0.29, 0.717) is 6.54 Å². The largest absolute Gasteiger partial charge is 0.341 e. The molecule has 0 aliphatic rings. The highest BCUT2D eigenvalue weighted by Gasteiger charge is 2.11. The maximum atomic E-state index is 6.04. The van der Waals surface area contributed by atoms with E-state index in [9.17, 15) is 0 Å². The van der Waals surface area contributed by atoms with Crippen molar-refractivity contribution in [3.63, 3.8) is 0 Å². The van der Waals surface area contributed by atoms with Crippen molar-refractivity contribution in [3.05, 3.63) is 58.6 Å². The fraction of sp³-hybridized carbons (Fsp3) is 0.250. The van der Waals surface area contributed by atoms with Gasteiger partial charge in [-0.05, 0) is 55.3 Å². The molecule has 0 aromatic heterocycles. The second kappa shape index (κ2) is 6.09. The van der Waals surface area contributed by atoms with E-state index in [2.05, 4.69) is 43.0 Å². The molecule has 0 spiro atoms. The lowest BCUT2D eigenvalue weighted by atomic mass is 10.1. The number of hydrogen-bond donors (Lipinski definition) is 1. The summed E-state index contributed by atoms with van der Waals surface area (Å²) >= 11 is 6.04. The first-order chi connectivity index (χ1) is 9.15. The van der Waals surface area contributed by atoms with Crippen LogP contribution >= 0.6 is 11.6 Å². The first kappa shape index (κ1) is 13.9. The molecule has 0 atom stereocenters.